The number of nitrogens with one attached hydrogen (secondary N) is 2. The number of amides is 1. The predicted molar refractivity (Wildman–Crippen MR) is 157 cm³/mol. The Morgan fingerprint density at radius 2 is 1.73 bits per heavy atom. The van der Waals surface area contributed by atoms with Crippen molar-refractivity contribution in [2.75, 3.05) is 7.11 Å². The number of aromatic nitrogens is 2. The van der Waals surface area contributed by atoms with Crippen LogP contribution in [0.3, 0.4) is 0 Å². The molecule has 0 aliphatic carbocycles. The summed E-state index contributed by atoms with van der Waals surface area (Å²) < 4.78 is 5.34. The highest BCUT2D eigenvalue weighted by Gasteiger charge is 2.21. The van der Waals surface area contributed by atoms with Crippen LogP contribution in [0.15, 0.2) is 84.9 Å². The van der Waals surface area contributed by atoms with Crippen LogP contribution in [0.1, 0.15) is 57.7 Å². The Bertz CT molecular complexity index is 1690. The maximum absolute atomic E-state index is 13.3. The lowest BCUT2D eigenvalue weighted by Crippen LogP contribution is -2.28. The van der Waals surface area contributed by atoms with Crippen molar-refractivity contribution in [2.24, 2.45) is 0 Å². The van der Waals surface area contributed by atoms with E-state index in [0.29, 0.717) is 28.3 Å². The number of fused-ring (bicyclic) bond motifs is 1. The lowest BCUT2D eigenvalue weighted by Gasteiger charge is -2.19. The van der Waals surface area contributed by atoms with Crippen LogP contribution in [0.25, 0.3) is 33.5 Å². The number of rotatable bonds is 9. The molecule has 5 aromatic rings. The molecular formula is C33H31N3O4. The molecule has 202 valence electrons. The van der Waals surface area contributed by atoms with Crippen molar-refractivity contribution < 1.29 is 19.4 Å². The Labute approximate surface area is 232 Å². The van der Waals surface area contributed by atoms with E-state index in [2.05, 4.69) is 17.2 Å². The average Bonchev–Trinajstić information content (AvgIpc) is 3.40. The van der Waals surface area contributed by atoms with Crippen LogP contribution >= 0.6 is 0 Å². The topological polar surface area (TPSA) is 104 Å². The van der Waals surface area contributed by atoms with Crippen LogP contribution in [-0.2, 0) is 0 Å². The molecule has 3 N–H and O–H groups in total. The Kier molecular flexibility index (Phi) is 7.64. The van der Waals surface area contributed by atoms with Crippen LogP contribution in [0.4, 0.5) is 0 Å². The SMILES string of the molecule is CCCC(NC(=O)c1ccc(-c2cc(C)ccc2-c2nc3ccc(OC)cc3[nH]2)c(C(=O)O)c1)c1ccccc1. The van der Waals surface area contributed by atoms with Gasteiger partial charge >= 0.3 is 5.97 Å². The number of methoxy groups -OCH3 is 1. The van der Waals surface area contributed by atoms with Gasteiger partial charge in [0.1, 0.15) is 11.6 Å². The van der Waals surface area contributed by atoms with Gasteiger partial charge in [-0.1, -0.05) is 73.5 Å². The second kappa shape index (κ2) is 11.5. The fraction of sp³-hybridized carbons (Fsp3) is 0.182. The zero-order valence-electron chi connectivity index (χ0n) is 22.7. The Balaban J connectivity index is 1.54. The summed E-state index contributed by atoms with van der Waals surface area (Å²) in [4.78, 5) is 33.9. The van der Waals surface area contributed by atoms with E-state index >= 15 is 0 Å². The summed E-state index contributed by atoms with van der Waals surface area (Å²) in [6.45, 7) is 4.02. The van der Waals surface area contributed by atoms with Crippen LogP contribution in [-0.4, -0.2) is 34.1 Å². The first-order valence-electron chi connectivity index (χ1n) is 13.3. The van der Waals surface area contributed by atoms with E-state index in [1.54, 1.807) is 19.2 Å². The second-order valence-electron chi connectivity index (χ2n) is 9.81. The highest BCUT2D eigenvalue weighted by molar-refractivity contribution is 6.03. The summed E-state index contributed by atoms with van der Waals surface area (Å²) in [7, 11) is 1.61. The summed E-state index contributed by atoms with van der Waals surface area (Å²) >= 11 is 0. The molecule has 40 heavy (non-hydrogen) atoms. The number of H-pyrrole nitrogens is 1. The monoisotopic (exact) mass is 533 g/mol. The van der Waals surface area contributed by atoms with Gasteiger partial charge in [0.25, 0.3) is 5.91 Å². The standard InChI is InChI=1S/C33H31N3O4/c1-4-8-28(21-9-6-5-7-10-21)36-32(37)22-12-15-24(27(18-22)33(38)39)26-17-20(2)11-14-25(26)31-34-29-16-13-23(40-3)19-30(29)35-31/h5-7,9-19,28H,4,8H2,1-3H3,(H,34,35)(H,36,37)(H,38,39). The normalized spacial score (nSPS) is 11.8. The summed E-state index contributed by atoms with van der Waals surface area (Å²) in [6, 6.07) is 25.9. The number of carbonyl (C=O) groups excluding carboxylic acids is 1. The van der Waals surface area contributed by atoms with Crippen molar-refractivity contribution in [3.63, 3.8) is 0 Å². The number of hydrogen-bond acceptors (Lipinski definition) is 4. The number of nitrogens with zero attached hydrogens (tertiary/aromatic N) is 1. The number of aromatic amines is 1. The zero-order valence-corrected chi connectivity index (χ0v) is 22.7. The number of aromatic carboxylic acids is 1. The maximum Gasteiger partial charge on any atom is 0.336 e. The summed E-state index contributed by atoms with van der Waals surface area (Å²) in [5.74, 6) is -0.101. The van der Waals surface area contributed by atoms with Crippen LogP contribution in [0.2, 0.25) is 0 Å². The van der Waals surface area contributed by atoms with Crippen molar-refractivity contribution >= 4 is 22.9 Å². The van der Waals surface area contributed by atoms with E-state index in [0.717, 1.165) is 40.6 Å². The molecule has 5 rings (SSSR count). The highest BCUT2D eigenvalue weighted by Crippen LogP contribution is 2.35. The zero-order chi connectivity index (χ0) is 28.2. The van der Waals surface area contributed by atoms with Gasteiger partial charge in [0.15, 0.2) is 0 Å². The number of imidazole rings is 1. The Morgan fingerprint density at radius 1 is 0.950 bits per heavy atom. The molecule has 0 fully saturated rings. The molecule has 0 aliphatic heterocycles. The smallest absolute Gasteiger partial charge is 0.336 e. The van der Waals surface area contributed by atoms with E-state index in [1.807, 2.05) is 73.7 Å². The summed E-state index contributed by atoms with van der Waals surface area (Å²) in [5, 5.41) is 13.3. The van der Waals surface area contributed by atoms with Crippen molar-refractivity contribution in [1.29, 1.82) is 0 Å². The Morgan fingerprint density at radius 3 is 2.45 bits per heavy atom. The van der Waals surface area contributed by atoms with Crippen LogP contribution in [0, 0.1) is 6.92 Å². The average molecular weight is 534 g/mol. The molecule has 7 heteroatoms. The minimum absolute atomic E-state index is 0.0454. The molecule has 0 saturated heterocycles. The van der Waals surface area contributed by atoms with Crippen LogP contribution < -0.4 is 10.1 Å². The van der Waals surface area contributed by atoms with Gasteiger partial charge in [-0.15, -0.1) is 0 Å². The largest absolute Gasteiger partial charge is 0.497 e. The van der Waals surface area contributed by atoms with Gasteiger partial charge in [0, 0.05) is 17.2 Å². The van der Waals surface area contributed by atoms with Crippen molar-refractivity contribution in [1.82, 2.24) is 15.3 Å². The molecule has 1 aromatic heterocycles. The minimum Gasteiger partial charge on any atom is -0.497 e. The highest BCUT2D eigenvalue weighted by atomic mass is 16.5. The molecular weight excluding hydrogens is 502 g/mol. The van der Waals surface area contributed by atoms with E-state index in [-0.39, 0.29) is 17.5 Å². The molecule has 1 amide bonds. The molecule has 0 spiro atoms. The lowest BCUT2D eigenvalue weighted by molar-refractivity contribution is 0.0697. The van der Waals surface area contributed by atoms with E-state index in [9.17, 15) is 14.7 Å². The van der Waals surface area contributed by atoms with Crippen molar-refractivity contribution in [2.45, 2.75) is 32.7 Å². The van der Waals surface area contributed by atoms with Gasteiger partial charge in [-0.05, 0) is 54.3 Å². The van der Waals surface area contributed by atoms with Gasteiger partial charge in [-0.2, -0.15) is 0 Å². The molecule has 1 atom stereocenters. The summed E-state index contributed by atoms with van der Waals surface area (Å²) in [6.07, 6.45) is 1.67. The van der Waals surface area contributed by atoms with Crippen molar-refractivity contribution in [3.05, 3.63) is 107 Å². The molecule has 1 unspecified atom stereocenters. The molecule has 4 aromatic carbocycles. The first kappa shape index (κ1) is 26.7. The third-order valence-corrected chi connectivity index (χ3v) is 7.01. The molecule has 0 saturated carbocycles. The second-order valence-corrected chi connectivity index (χ2v) is 9.81. The number of benzene rings is 4. The van der Waals surface area contributed by atoms with Gasteiger partial charge in [0.2, 0.25) is 0 Å². The maximum atomic E-state index is 13.3. The quantitative estimate of drug-likeness (QED) is 0.186. The van der Waals surface area contributed by atoms with Gasteiger partial charge in [0.05, 0.1) is 29.7 Å². The molecule has 1 heterocycles. The number of aryl methyl sites for hydroxylation is 1. The Hall–Kier alpha value is -4.91. The van der Waals surface area contributed by atoms with E-state index < -0.39 is 5.97 Å². The number of ether oxygens (including phenoxy) is 1. The van der Waals surface area contributed by atoms with E-state index in [4.69, 9.17) is 9.72 Å². The van der Waals surface area contributed by atoms with Gasteiger partial charge in [-0.3, -0.25) is 4.79 Å². The molecule has 0 radical (unpaired) electrons. The minimum atomic E-state index is -1.11. The third-order valence-electron chi connectivity index (χ3n) is 7.01. The fourth-order valence-corrected chi connectivity index (χ4v) is 4.97. The van der Waals surface area contributed by atoms with Gasteiger partial charge in [-0.25, -0.2) is 9.78 Å². The fourth-order valence-electron chi connectivity index (χ4n) is 4.97. The lowest BCUT2D eigenvalue weighted by atomic mass is 9.92. The summed E-state index contributed by atoms with van der Waals surface area (Å²) in [5.41, 5.74) is 5.89. The van der Waals surface area contributed by atoms with Crippen LogP contribution in [0.5, 0.6) is 5.75 Å². The number of carboxylic acids is 1. The number of carbonyl (C=O) groups is 2. The molecule has 0 bridgehead atoms. The predicted octanol–water partition coefficient (Wildman–Crippen LogP) is 7.18. The first-order valence-corrected chi connectivity index (χ1v) is 13.3. The number of hydrogen-bond donors (Lipinski definition) is 3. The first-order chi connectivity index (χ1) is 19.4. The van der Waals surface area contributed by atoms with Gasteiger partial charge < -0.3 is 20.1 Å². The third kappa shape index (κ3) is 5.45. The van der Waals surface area contributed by atoms with E-state index in [1.165, 1.54) is 6.07 Å². The van der Waals surface area contributed by atoms with Crippen molar-refractivity contribution in [3.8, 4) is 28.3 Å². The molecule has 0 aliphatic rings. The number of carboxylic acid groups (broad SMARTS) is 1. The molecule has 7 nitrogen and oxygen atoms in total.